The minimum atomic E-state index is -0.504. The van der Waals surface area contributed by atoms with Gasteiger partial charge in [-0.1, -0.05) is 6.92 Å². The summed E-state index contributed by atoms with van der Waals surface area (Å²) >= 11 is 0. The van der Waals surface area contributed by atoms with Crippen molar-refractivity contribution in [1.29, 1.82) is 0 Å². The molecule has 0 saturated carbocycles. The maximum atomic E-state index is 13.5. The van der Waals surface area contributed by atoms with Gasteiger partial charge in [0.15, 0.2) is 0 Å². The van der Waals surface area contributed by atoms with E-state index in [0.29, 0.717) is 11.4 Å². The highest BCUT2D eigenvalue weighted by Crippen LogP contribution is 2.18. The molecule has 4 nitrogen and oxygen atoms in total. The van der Waals surface area contributed by atoms with Crippen LogP contribution in [-0.2, 0) is 6.54 Å². The quantitative estimate of drug-likeness (QED) is 0.831. The number of carbonyl (C=O) groups excluding carboxylic acids is 1. The zero-order chi connectivity index (χ0) is 13.8. The SMILES string of the molecule is CCCn1cccc1C(=O)Nc1cc(N)ccc1F. The summed E-state index contributed by atoms with van der Waals surface area (Å²) in [6.07, 6.45) is 2.75. The molecule has 5 heteroatoms. The molecule has 0 unspecified atom stereocenters. The molecule has 1 aromatic heterocycles. The lowest BCUT2D eigenvalue weighted by Crippen LogP contribution is -2.17. The molecular formula is C14H16FN3O. The first kappa shape index (κ1) is 13.1. The number of hydrogen-bond acceptors (Lipinski definition) is 2. The smallest absolute Gasteiger partial charge is 0.272 e. The first-order chi connectivity index (χ1) is 9.11. The molecule has 0 bridgehead atoms. The molecule has 0 saturated heterocycles. The van der Waals surface area contributed by atoms with E-state index >= 15 is 0 Å². The number of rotatable bonds is 4. The molecule has 3 N–H and O–H groups in total. The van der Waals surface area contributed by atoms with Gasteiger partial charge in [-0.05, 0) is 36.8 Å². The Morgan fingerprint density at radius 3 is 2.95 bits per heavy atom. The highest BCUT2D eigenvalue weighted by Gasteiger charge is 2.12. The third kappa shape index (κ3) is 2.93. The van der Waals surface area contributed by atoms with Crippen LogP contribution in [0, 0.1) is 5.82 Å². The van der Waals surface area contributed by atoms with Crippen molar-refractivity contribution >= 4 is 17.3 Å². The van der Waals surface area contributed by atoms with Crippen LogP contribution in [0.3, 0.4) is 0 Å². The van der Waals surface area contributed by atoms with E-state index in [0.717, 1.165) is 13.0 Å². The lowest BCUT2D eigenvalue weighted by atomic mass is 10.2. The van der Waals surface area contributed by atoms with Crippen LogP contribution in [-0.4, -0.2) is 10.5 Å². The molecule has 19 heavy (non-hydrogen) atoms. The number of aryl methyl sites for hydroxylation is 1. The van der Waals surface area contributed by atoms with Crippen molar-refractivity contribution in [2.75, 3.05) is 11.1 Å². The number of carbonyl (C=O) groups is 1. The van der Waals surface area contributed by atoms with Crippen molar-refractivity contribution in [3.05, 3.63) is 48.0 Å². The Bertz CT molecular complexity index is 592. The third-order valence-corrected chi connectivity index (χ3v) is 2.77. The molecule has 1 amide bonds. The molecule has 100 valence electrons. The summed E-state index contributed by atoms with van der Waals surface area (Å²) < 4.78 is 15.4. The van der Waals surface area contributed by atoms with E-state index in [4.69, 9.17) is 5.73 Å². The summed E-state index contributed by atoms with van der Waals surface area (Å²) in [7, 11) is 0. The van der Waals surface area contributed by atoms with Crippen LogP contribution in [0.2, 0.25) is 0 Å². The topological polar surface area (TPSA) is 60.0 Å². The number of anilines is 2. The van der Waals surface area contributed by atoms with Crippen molar-refractivity contribution in [3.63, 3.8) is 0 Å². The first-order valence-corrected chi connectivity index (χ1v) is 6.13. The molecule has 0 aliphatic rings. The molecule has 2 rings (SSSR count). The fourth-order valence-corrected chi connectivity index (χ4v) is 1.88. The van der Waals surface area contributed by atoms with Gasteiger partial charge in [-0.15, -0.1) is 0 Å². The molecule has 1 aromatic carbocycles. The Morgan fingerprint density at radius 1 is 1.42 bits per heavy atom. The average Bonchev–Trinajstić information content (AvgIpc) is 2.82. The fourth-order valence-electron chi connectivity index (χ4n) is 1.88. The molecule has 0 radical (unpaired) electrons. The van der Waals surface area contributed by atoms with E-state index in [2.05, 4.69) is 5.32 Å². The summed E-state index contributed by atoms with van der Waals surface area (Å²) in [5, 5.41) is 2.54. The minimum Gasteiger partial charge on any atom is -0.399 e. The summed E-state index contributed by atoms with van der Waals surface area (Å²) in [6, 6.07) is 7.58. The second-order valence-electron chi connectivity index (χ2n) is 4.28. The average molecular weight is 261 g/mol. The van der Waals surface area contributed by atoms with Gasteiger partial charge in [0, 0.05) is 18.4 Å². The van der Waals surface area contributed by atoms with Gasteiger partial charge >= 0.3 is 0 Å². The molecule has 0 atom stereocenters. The number of nitrogens with zero attached hydrogens (tertiary/aromatic N) is 1. The Kier molecular flexibility index (Phi) is 3.85. The first-order valence-electron chi connectivity index (χ1n) is 6.13. The normalized spacial score (nSPS) is 10.4. The van der Waals surface area contributed by atoms with Crippen LogP contribution >= 0.6 is 0 Å². The number of nitrogens with one attached hydrogen (secondary N) is 1. The van der Waals surface area contributed by atoms with Crippen molar-refractivity contribution in [3.8, 4) is 0 Å². The van der Waals surface area contributed by atoms with E-state index in [1.807, 2.05) is 17.7 Å². The standard InChI is InChI=1S/C14H16FN3O/c1-2-7-18-8-3-4-13(18)14(19)17-12-9-10(16)5-6-11(12)15/h3-6,8-9H,2,7,16H2,1H3,(H,17,19). The molecule has 0 fully saturated rings. The van der Waals surface area contributed by atoms with Gasteiger partial charge in [0.2, 0.25) is 0 Å². The number of nitrogens with two attached hydrogens (primary N) is 1. The van der Waals surface area contributed by atoms with Gasteiger partial charge in [0.25, 0.3) is 5.91 Å². The number of benzene rings is 1. The highest BCUT2D eigenvalue weighted by molar-refractivity contribution is 6.03. The zero-order valence-corrected chi connectivity index (χ0v) is 10.7. The van der Waals surface area contributed by atoms with Crippen LogP contribution in [0.25, 0.3) is 0 Å². The van der Waals surface area contributed by atoms with Crippen LogP contribution in [0.4, 0.5) is 15.8 Å². The van der Waals surface area contributed by atoms with Gasteiger partial charge in [-0.3, -0.25) is 4.79 Å². The highest BCUT2D eigenvalue weighted by atomic mass is 19.1. The van der Waals surface area contributed by atoms with Gasteiger partial charge in [0.1, 0.15) is 11.5 Å². The molecular weight excluding hydrogens is 245 g/mol. The van der Waals surface area contributed by atoms with Crippen molar-refractivity contribution in [2.45, 2.75) is 19.9 Å². The van der Waals surface area contributed by atoms with E-state index in [9.17, 15) is 9.18 Å². The van der Waals surface area contributed by atoms with Crippen molar-refractivity contribution in [1.82, 2.24) is 4.57 Å². The Hall–Kier alpha value is -2.30. The number of hydrogen-bond donors (Lipinski definition) is 2. The number of amides is 1. The third-order valence-electron chi connectivity index (χ3n) is 2.77. The van der Waals surface area contributed by atoms with Crippen molar-refractivity contribution < 1.29 is 9.18 Å². The predicted octanol–water partition coefficient (Wildman–Crippen LogP) is 2.87. The van der Waals surface area contributed by atoms with Crippen LogP contribution in [0.5, 0.6) is 0 Å². The van der Waals surface area contributed by atoms with E-state index in [1.54, 1.807) is 12.1 Å². The lowest BCUT2D eigenvalue weighted by molar-refractivity contribution is 0.101. The van der Waals surface area contributed by atoms with Gasteiger partial charge in [-0.25, -0.2) is 4.39 Å². The Balaban J connectivity index is 2.21. The maximum absolute atomic E-state index is 13.5. The second-order valence-corrected chi connectivity index (χ2v) is 4.28. The number of aromatic nitrogens is 1. The zero-order valence-electron chi connectivity index (χ0n) is 10.7. The number of halogens is 1. The maximum Gasteiger partial charge on any atom is 0.272 e. The van der Waals surface area contributed by atoms with E-state index in [1.165, 1.54) is 18.2 Å². The molecule has 0 aliphatic heterocycles. The van der Waals surface area contributed by atoms with E-state index < -0.39 is 5.82 Å². The monoisotopic (exact) mass is 261 g/mol. The van der Waals surface area contributed by atoms with E-state index in [-0.39, 0.29) is 11.6 Å². The van der Waals surface area contributed by atoms with Gasteiger partial charge in [0.05, 0.1) is 5.69 Å². The summed E-state index contributed by atoms with van der Waals surface area (Å²) in [6.45, 7) is 2.77. The van der Waals surface area contributed by atoms with Crippen molar-refractivity contribution in [2.24, 2.45) is 0 Å². The lowest BCUT2D eigenvalue weighted by Gasteiger charge is -2.10. The molecule has 1 heterocycles. The molecule has 0 aliphatic carbocycles. The Labute approximate surface area is 111 Å². The Morgan fingerprint density at radius 2 is 2.21 bits per heavy atom. The second kappa shape index (κ2) is 5.56. The number of nitrogen functional groups attached to an aromatic ring is 1. The van der Waals surface area contributed by atoms with Crippen LogP contribution in [0.1, 0.15) is 23.8 Å². The van der Waals surface area contributed by atoms with Crippen LogP contribution in [0.15, 0.2) is 36.5 Å². The summed E-state index contributed by atoms with van der Waals surface area (Å²) in [5.74, 6) is -0.848. The van der Waals surface area contributed by atoms with Gasteiger partial charge in [-0.2, -0.15) is 0 Å². The molecule has 2 aromatic rings. The van der Waals surface area contributed by atoms with Gasteiger partial charge < -0.3 is 15.6 Å². The minimum absolute atomic E-state index is 0.0919. The molecule has 0 spiro atoms. The van der Waals surface area contributed by atoms with Crippen LogP contribution < -0.4 is 11.1 Å². The summed E-state index contributed by atoms with van der Waals surface area (Å²) in [4.78, 5) is 12.1. The summed E-state index contributed by atoms with van der Waals surface area (Å²) in [5.41, 5.74) is 6.57. The predicted molar refractivity (Wildman–Crippen MR) is 73.5 cm³/mol. The largest absolute Gasteiger partial charge is 0.399 e. The fraction of sp³-hybridized carbons (Fsp3) is 0.214.